The molecule has 0 aliphatic carbocycles. The number of rotatable bonds is 3. The number of hydrogen-bond donors (Lipinski definition) is 0. The first-order valence-corrected chi connectivity index (χ1v) is 5.83. The Morgan fingerprint density at radius 3 is 2.94 bits per heavy atom. The number of halogens is 1. The third kappa shape index (κ3) is 1.93. The van der Waals surface area contributed by atoms with Gasteiger partial charge in [0.1, 0.15) is 12.1 Å². The lowest BCUT2D eigenvalue weighted by molar-refractivity contribution is 0.112. The van der Waals surface area contributed by atoms with Crippen molar-refractivity contribution < 1.29 is 4.79 Å². The first-order chi connectivity index (χ1) is 7.76. The van der Waals surface area contributed by atoms with Crippen LogP contribution in [-0.2, 0) is 6.42 Å². The van der Waals surface area contributed by atoms with Crippen molar-refractivity contribution in [3.8, 4) is 5.69 Å². The number of aryl methyl sites for hydroxylation is 1. The summed E-state index contributed by atoms with van der Waals surface area (Å²) in [6, 6.07) is 5.52. The van der Waals surface area contributed by atoms with Gasteiger partial charge < -0.3 is 4.57 Å². The maximum atomic E-state index is 10.6. The first-order valence-electron chi connectivity index (χ1n) is 5.03. The zero-order valence-electron chi connectivity index (χ0n) is 8.85. The molecule has 4 heteroatoms. The number of aromatic nitrogens is 2. The van der Waals surface area contributed by atoms with Crippen LogP contribution in [0.4, 0.5) is 0 Å². The summed E-state index contributed by atoms with van der Waals surface area (Å²) in [7, 11) is 0. The minimum absolute atomic E-state index is 0.661. The van der Waals surface area contributed by atoms with Gasteiger partial charge in [-0.25, -0.2) is 4.98 Å². The van der Waals surface area contributed by atoms with Crippen LogP contribution >= 0.6 is 15.9 Å². The molecular formula is C12H11BrN2O. The highest BCUT2D eigenvalue weighted by Crippen LogP contribution is 2.23. The molecule has 2 rings (SSSR count). The van der Waals surface area contributed by atoms with Crippen LogP contribution in [0.3, 0.4) is 0 Å². The maximum Gasteiger partial charge on any atom is 0.150 e. The maximum absolute atomic E-state index is 10.6. The fourth-order valence-electron chi connectivity index (χ4n) is 1.61. The molecule has 0 saturated carbocycles. The summed E-state index contributed by atoms with van der Waals surface area (Å²) in [6.45, 7) is 2.06. The number of benzene rings is 1. The van der Waals surface area contributed by atoms with E-state index >= 15 is 0 Å². The average Bonchev–Trinajstić information content (AvgIpc) is 2.76. The van der Waals surface area contributed by atoms with Crippen molar-refractivity contribution in [1.29, 1.82) is 0 Å². The molecule has 1 aromatic carbocycles. The molecule has 0 bridgehead atoms. The molecule has 0 radical (unpaired) electrons. The van der Waals surface area contributed by atoms with E-state index in [4.69, 9.17) is 0 Å². The molecule has 1 aromatic heterocycles. The SMILES string of the molecule is CCc1nccn1-c1ccc(C=O)cc1Br. The molecule has 3 nitrogen and oxygen atoms in total. The van der Waals surface area contributed by atoms with Gasteiger partial charge in [-0.3, -0.25) is 4.79 Å². The van der Waals surface area contributed by atoms with E-state index in [1.165, 1.54) is 0 Å². The van der Waals surface area contributed by atoms with Gasteiger partial charge in [0.05, 0.1) is 5.69 Å². The van der Waals surface area contributed by atoms with E-state index in [-0.39, 0.29) is 0 Å². The van der Waals surface area contributed by atoms with Crippen molar-refractivity contribution in [3.05, 3.63) is 46.5 Å². The van der Waals surface area contributed by atoms with Crippen LogP contribution in [0, 0.1) is 0 Å². The summed E-state index contributed by atoms with van der Waals surface area (Å²) in [6.07, 6.45) is 5.40. The molecule has 0 N–H and O–H groups in total. The zero-order valence-corrected chi connectivity index (χ0v) is 10.4. The monoisotopic (exact) mass is 278 g/mol. The summed E-state index contributed by atoms with van der Waals surface area (Å²) < 4.78 is 2.91. The Morgan fingerprint density at radius 1 is 1.50 bits per heavy atom. The van der Waals surface area contributed by atoms with Crippen molar-refractivity contribution in [2.75, 3.05) is 0 Å². The Hall–Kier alpha value is -1.42. The Labute approximate surface area is 102 Å². The van der Waals surface area contributed by atoms with Gasteiger partial charge in [0, 0.05) is 28.9 Å². The fourth-order valence-corrected chi connectivity index (χ4v) is 2.19. The quantitative estimate of drug-likeness (QED) is 0.809. The van der Waals surface area contributed by atoms with E-state index in [0.29, 0.717) is 5.56 Å². The molecule has 0 spiro atoms. The van der Waals surface area contributed by atoms with E-state index in [9.17, 15) is 4.79 Å². The van der Waals surface area contributed by atoms with Crippen molar-refractivity contribution in [2.45, 2.75) is 13.3 Å². The molecule has 0 fully saturated rings. The molecule has 0 amide bonds. The molecule has 82 valence electrons. The van der Waals surface area contributed by atoms with Crippen LogP contribution in [0.5, 0.6) is 0 Å². The van der Waals surface area contributed by atoms with E-state index in [1.807, 2.05) is 22.9 Å². The van der Waals surface area contributed by atoms with Crippen LogP contribution in [-0.4, -0.2) is 15.8 Å². The highest BCUT2D eigenvalue weighted by molar-refractivity contribution is 9.10. The van der Waals surface area contributed by atoms with Crippen molar-refractivity contribution in [2.24, 2.45) is 0 Å². The average molecular weight is 279 g/mol. The van der Waals surface area contributed by atoms with E-state index in [2.05, 4.69) is 27.8 Å². The molecule has 2 aromatic rings. The van der Waals surface area contributed by atoms with Crippen molar-refractivity contribution >= 4 is 22.2 Å². The molecule has 1 heterocycles. The molecule has 0 aliphatic heterocycles. The van der Waals surface area contributed by atoms with Crippen LogP contribution in [0.15, 0.2) is 35.1 Å². The fraction of sp³-hybridized carbons (Fsp3) is 0.167. The third-order valence-electron chi connectivity index (χ3n) is 2.40. The van der Waals surface area contributed by atoms with Gasteiger partial charge in [0.2, 0.25) is 0 Å². The molecule has 16 heavy (non-hydrogen) atoms. The highest BCUT2D eigenvalue weighted by Gasteiger charge is 2.07. The standard InChI is InChI=1S/C12H11BrN2O/c1-2-12-14-5-6-15(12)11-4-3-9(8-16)7-10(11)13/h3-8H,2H2,1H3. The van der Waals surface area contributed by atoms with Crippen molar-refractivity contribution in [1.82, 2.24) is 9.55 Å². The Bertz CT molecular complexity index is 519. The van der Waals surface area contributed by atoms with Gasteiger partial charge in [-0.15, -0.1) is 0 Å². The second-order valence-electron chi connectivity index (χ2n) is 3.40. The summed E-state index contributed by atoms with van der Waals surface area (Å²) in [5.74, 6) is 1.000. The molecular weight excluding hydrogens is 268 g/mol. The zero-order chi connectivity index (χ0) is 11.5. The Morgan fingerprint density at radius 2 is 2.31 bits per heavy atom. The number of imidazole rings is 1. The third-order valence-corrected chi connectivity index (χ3v) is 3.04. The highest BCUT2D eigenvalue weighted by atomic mass is 79.9. The lowest BCUT2D eigenvalue weighted by Crippen LogP contribution is -2.00. The second kappa shape index (κ2) is 4.61. The summed E-state index contributed by atoms with van der Waals surface area (Å²) in [4.78, 5) is 14.9. The summed E-state index contributed by atoms with van der Waals surface area (Å²) in [5.41, 5.74) is 1.66. The van der Waals surface area contributed by atoms with Gasteiger partial charge in [0.25, 0.3) is 0 Å². The summed E-state index contributed by atoms with van der Waals surface area (Å²) in [5, 5.41) is 0. The topological polar surface area (TPSA) is 34.9 Å². The second-order valence-corrected chi connectivity index (χ2v) is 4.25. The lowest BCUT2D eigenvalue weighted by Gasteiger charge is -2.09. The Balaban J connectivity index is 2.52. The molecule has 0 unspecified atom stereocenters. The van der Waals surface area contributed by atoms with Gasteiger partial charge in [-0.05, 0) is 34.1 Å². The minimum atomic E-state index is 0.661. The van der Waals surface area contributed by atoms with Gasteiger partial charge >= 0.3 is 0 Å². The number of nitrogens with zero attached hydrogens (tertiary/aromatic N) is 2. The van der Waals surface area contributed by atoms with E-state index < -0.39 is 0 Å². The normalized spacial score (nSPS) is 10.4. The van der Waals surface area contributed by atoms with Crippen LogP contribution in [0.1, 0.15) is 23.1 Å². The van der Waals surface area contributed by atoms with Crippen molar-refractivity contribution in [3.63, 3.8) is 0 Å². The van der Waals surface area contributed by atoms with Crippen LogP contribution in [0.25, 0.3) is 5.69 Å². The number of hydrogen-bond acceptors (Lipinski definition) is 2. The predicted octanol–water partition coefficient (Wildman–Crippen LogP) is 3.01. The number of carbonyl (C=O) groups is 1. The number of aldehydes is 1. The molecule has 0 atom stereocenters. The molecule has 0 saturated heterocycles. The van der Waals surface area contributed by atoms with E-state index in [1.54, 1.807) is 12.3 Å². The first kappa shape index (κ1) is 11.1. The summed E-state index contributed by atoms with van der Waals surface area (Å²) >= 11 is 3.47. The minimum Gasteiger partial charge on any atom is -0.303 e. The van der Waals surface area contributed by atoms with E-state index in [0.717, 1.165) is 28.7 Å². The molecule has 0 aliphatic rings. The smallest absolute Gasteiger partial charge is 0.150 e. The van der Waals surface area contributed by atoms with Crippen LogP contribution < -0.4 is 0 Å². The van der Waals surface area contributed by atoms with Gasteiger partial charge in [-0.2, -0.15) is 0 Å². The van der Waals surface area contributed by atoms with Gasteiger partial charge in [-0.1, -0.05) is 6.92 Å². The number of carbonyl (C=O) groups excluding carboxylic acids is 1. The predicted molar refractivity (Wildman–Crippen MR) is 66.0 cm³/mol. The van der Waals surface area contributed by atoms with Crippen LogP contribution in [0.2, 0.25) is 0 Å². The Kier molecular flexibility index (Phi) is 3.19. The van der Waals surface area contributed by atoms with Gasteiger partial charge in [0.15, 0.2) is 0 Å². The lowest BCUT2D eigenvalue weighted by atomic mass is 10.2. The largest absolute Gasteiger partial charge is 0.303 e.